The first kappa shape index (κ1) is 77.8. The molecule has 0 heterocycles. The van der Waals surface area contributed by atoms with Crippen LogP contribution in [0.5, 0.6) is 0 Å². The normalized spacial score (nSPS) is 1.50. The number of rotatable bonds is 0. The molecule has 5 radical (unpaired) electrons. The van der Waals surface area contributed by atoms with Crippen molar-refractivity contribution in [3.05, 3.63) is 28.7 Å². The summed E-state index contributed by atoms with van der Waals surface area (Å²) < 4.78 is 0. The topological polar surface area (TPSA) is 0 Å². The van der Waals surface area contributed by atoms with Gasteiger partial charge in [-0.05, 0) is 0 Å². The number of hydrogen-bond acceptors (Lipinski definition) is 0. The maximum Gasteiger partial charge on any atom is 3.00 e. The van der Waals surface area contributed by atoms with E-state index in [9.17, 15) is 0 Å². The molecule has 12 heavy (non-hydrogen) atoms. The molecule has 0 aliphatic carbocycles. The fourth-order valence-corrected chi connectivity index (χ4v) is 0. The van der Waals surface area contributed by atoms with Gasteiger partial charge in [0.15, 0.2) is 0 Å². The minimum absolute atomic E-state index is 0. The molecule has 0 nitrogen and oxygen atoms in total. The quantitative estimate of drug-likeness (QED) is 0.365. The molecule has 59 valence electrons. The Bertz CT molecular complexity index is 12.0. The monoisotopic (exact) mass is 622 g/mol. The zero-order valence-electron chi connectivity index (χ0n) is 9.04. The van der Waals surface area contributed by atoms with Gasteiger partial charge < -0.3 is 28.7 Å². The van der Waals surface area contributed by atoms with Gasteiger partial charge in [-0.15, -0.1) is 0 Å². The van der Waals surface area contributed by atoms with E-state index >= 15 is 0 Å². The third-order valence-electron chi connectivity index (χ3n) is 0. The van der Waals surface area contributed by atoms with Gasteiger partial charge in [0.25, 0.3) is 0 Å². The SMILES string of the molecule is C[CH-]C.[CH3-].[CH3-].[CH3-].[Y+3].[Y].[Y].[Y].[Y].[Y]. The summed E-state index contributed by atoms with van der Waals surface area (Å²) in [6, 6.07) is 0. The van der Waals surface area contributed by atoms with Gasteiger partial charge in [0.1, 0.15) is 0 Å². The van der Waals surface area contributed by atoms with Gasteiger partial charge >= 0.3 is 32.7 Å². The number of hydrogen-bond donors (Lipinski definition) is 0. The largest absolute Gasteiger partial charge is 3.00 e. The van der Waals surface area contributed by atoms with E-state index in [0.29, 0.717) is 0 Å². The van der Waals surface area contributed by atoms with Gasteiger partial charge in [-0.1, -0.05) is 0 Å². The van der Waals surface area contributed by atoms with Crippen molar-refractivity contribution >= 4 is 0 Å². The fourth-order valence-electron chi connectivity index (χ4n) is 0. The molecule has 0 aromatic rings. The van der Waals surface area contributed by atoms with Gasteiger partial charge in [-0.25, -0.2) is 0 Å². The molecule has 0 amide bonds. The average Bonchev–Trinajstić information content (AvgIpc) is 0.918. The summed E-state index contributed by atoms with van der Waals surface area (Å²) in [5, 5.41) is 0. The van der Waals surface area contributed by atoms with Crippen LogP contribution < -0.4 is 0 Å². The van der Waals surface area contributed by atoms with Crippen LogP contribution in [0.3, 0.4) is 0 Å². The van der Waals surface area contributed by atoms with E-state index in [1.54, 1.807) is 0 Å². The van der Waals surface area contributed by atoms with Crippen molar-refractivity contribution in [2.75, 3.05) is 0 Å². The van der Waals surface area contributed by atoms with Crippen molar-refractivity contribution in [1.29, 1.82) is 0 Å². The summed E-state index contributed by atoms with van der Waals surface area (Å²) in [6.07, 6.45) is 2.00. The second kappa shape index (κ2) is 83.8. The van der Waals surface area contributed by atoms with Crippen LogP contribution in [0.4, 0.5) is 0 Å². The summed E-state index contributed by atoms with van der Waals surface area (Å²) in [5.41, 5.74) is 0. The van der Waals surface area contributed by atoms with Gasteiger partial charge in [-0.2, -0.15) is 13.8 Å². The first-order valence-electron chi connectivity index (χ1n) is 1.15. The van der Waals surface area contributed by atoms with Gasteiger partial charge in [0, 0.05) is 164 Å². The molecule has 0 saturated heterocycles. The molecule has 0 bridgehead atoms. The Morgan fingerprint density at radius 3 is 0.583 bits per heavy atom. The Balaban J connectivity index is -0.000000000556. The van der Waals surface area contributed by atoms with E-state index in [0.717, 1.165) is 0 Å². The molecular weight excluding hydrogens is 606 g/mol. The molecule has 0 aromatic carbocycles. The van der Waals surface area contributed by atoms with Crippen molar-refractivity contribution in [1.82, 2.24) is 0 Å². The molecule has 0 aliphatic rings. The summed E-state index contributed by atoms with van der Waals surface area (Å²) in [4.78, 5) is 0. The third-order valence-corrected chi connectivity index (χ3v) is 0. The van der Waals surface area contributed by atoms with Crippen molar-refractivity contribution < 1.29 is 196 Å². The molecule has 0 fully saturated rings. The van der Waals surface area contributed by atoms with Crippen molar-refractivity contribution in [3.8, 4) is 0 Å². The molecule has 0 saturated carbocycles. The minimum Gasteiger partial charge on any atom is -0.358 e. The van der Waals surface area contributed by atoms with E-state index in [1.807, 2.05) is 20.3 Å². The van der Waals surface area contributed by atoms with Crippen LogP contribution in [0.15, 0.2) is 0 Å². The predicted octanol–water partition coefficient (Wildman–Crippen LogP) is 2.57. The molecule has 0 unspecified atom stereocenters. The zero-order valence-corrected chi connectivity index (χ0v) is 26.1. The third kappa shape index (κ3) is 92.5. The van der Waals surface area contributed by atoms with Crippen LogP contribution in [0.1, 0.15) is 13.8 Å². The van der Waals surface area contributed by atoms with E-state index < -0.39 is 0 Å². The molecule has 0 aliphatic heterocycles. The van der Waals surface area contributed by atoms with Gasteiger partial charge in [-0.3, -0.25) is 0 Å². The van der Waals surface area contributed by atoms with Gasteiger partial charge in [0.2, 0.25) is 0 Å². The Labute approximate surface area is 232 Å². The predicted molar refractivity (Wildman–Crippen MR) is 34.9 cm³/mol. The zero-order chi connectivity index (χ0) is 2.71. The molecule has 0 N–H and O–H groups in total. The van der Waals surface area contributed by atoms with Crippen molar-refractivity contribution in [3.63, 3.8) is 0 Å². The molecule has 0 rings (SSSR count). The van der Waals surface area contributed by atoms with Crippen LogP contribution in [0.25, 0.3) is 0 Å². The standard InChI is InChI=1S/C3H7.3CH3.6Y/c1-3-2;;;;;;;;;/h3H,1-2H3;3*1H3;;;;;;/q4*-1;;;;;;+3. The van der Waals surface area contributed by atoms with Gasteiger partial charge in [0.05, 0.1) is 0 Å². The maximum absolute atomic E-state index is 2.00. The second-order valence-corrected chi connectivity index (χ2v) is 0.577. The van der Waals surface area contributed by atoms with E-state index in [1.165, 1.54) is 0 Å². The Morgan fingerprint density at radius 2 is 0.583 bits per heavy atom. The Kier molecular flexibility index (Phi) is 543. The minimum atomic E-state index is 0. The first-order chi connectivity index (χ1) is 1.41. The molecule has 6 heteroatoms. The second-order valence-electron chi connectivity index (χ2n) is 0.577. The molecular formula is C6H16Y6-. The van der Waals surface area contributed by atoms with Crippen molar-refractivity contribution in [2.24, 2.45) is 0 Å². The Hall–Kier alpha value is 6.62. The van der Waals surface area contributed by atoms with Crippen LogP contribution in [-0.4, -0.2) is 0 Å². The van der Waals surface area contributed by atoms with Crippen LogP contribution in [0, 0.1) is 28.7 Å². The fraction of sp³-hybridized carbons (Fsp3) is 0.333. The van der Waals surface area contributed by atoms with Crippen LogP contribution >= 0.6 is 0 Å². The first-order valence-corrected chi connectivity index (χ1v) is 1.15. The van der Waals surface area contributed by atoms with Crippen LogP contribution in [0.2, 0.25) is 0 Å². The van der Waals surface area contributed by atoms with Crippen LogP contribution in [-0.2, 0) is 196 Å². The van der Waals surface area contributed by atoms with Crippen molar-refractivity contribution in [2.45, 2.75) is 13.8 Å². The summed E-state index contributed by atoms with van der Waals surface area (Å²) >= 11 is 0. The van der Waals surface area contributed by atoms with E-state index in [2.05, 4.69) is 0 Å². The molecule has 0 aromatic heterocycles. The maximum atomic E-state index is 2.00. The smallest absolute Gasteiger partial charge is 0.358 e. The average molecular weight is 622 g/mol. The van der Waals surface area contributed by atoms with E-state index in [-0.39, 0.29) is 219 Å². The molecule has 0 spiro atoms. The summed E-state index contributed by atoms with van der Waals surface area (Å²) in [5.74, 6) is 0. The summed E-state index contributed by atoms with van der Waals surface area (Å²) in [6.45, 7) is 4.00. The van der Waals surface area contributed by atoms with E-state index in [4.69, 9.17) is 0 Å². The molecule has 0 atom stereocenters. The summed E-state index contributed by atoms with van der Waals surface area (Å²) in [7, 11) is 0. The Morgan fingerprint density at radius 1 is 0.583 bits per heavy atom.